The Morgan fingerprint density at radius 2 is 1.90 bits per heavy atom. The summed E-state index contributed by atoms with van der Waals surface area (Å²) in [5.74, 6) is -0.291. The fourth-order valence-electron chi connectivity index (χ4n) is 3.45. The zero-order chi connectivity index (χ0) is 23.0. The van der Waals surface area contributed by atoms with Crippen molar-refractivity contribution in [1.82, 2.24) is 5.32 Å². The van der Waals surface area contributed by atoms with Crippen molar-refractivity contribution in [3.63, 3.8) is 0 Å². The summed E-state index contributed by atoms with van der Waals surface area (Å²) in [4.78, 5) is 23.0. The van der Waals surface area contributed by atoms with Crippen molar-refractivity contribution >= 4 is 40.9 Å². The highest BCUT2D eigenvalue weighted by Gasteiger charge is 2.22. The molecule has 0 aliphatic heterocycles. The van der Waals surface area contributed by atoms with Gasteiger partial charge in [0.25, 0.3) is 0 Å². The van der Waals surface area contributed by atoms with Gasteiger partial charge in [-0.05, 0) is 46.7 Å². The van der Waals surface area contributed by atoms with E-state index in [4.69, 9.17) is 33.6 Å². The largest absolute Gasteiger partial charge is 0.465 e. The van der Waals surface area contributed by atoms with Crippen LogP contribution in [-0.2, 0) is 11.2 Å². The van der Waals surface area contributed by atoms with Crippen molar-refractivity contribution in [1.29, 1.82) is 5.26 Å². The first-order valence-corrected chi connectivity index (χ1v) is 10.7. The summed E-state index contributed by atoms with van der Waals surface area (Å²) in [5, 5.41) is 22.8. The van der Waals surface area contributed by atoms with Crippen LogP contribution in [0, 0.1) is 17.2 Å². The summed E-state index contributed by atoms with van der Waals surface area (Å²) in [5.41, 5.74) is 3.77. The summed E-state index contributed by atoms with van der Waals surface area (Å²) in [7, 11) is 0. The Bertz CT molecular complexity index is 971. The fourth-order valence-corrected chi connectivity index (χ4v) is 3.78. The molecule has 0 aromatic heterocycles. The van der Waals surface area contributed by atoms with Gasteiger partial charge in [-0.25, -0.2) is 4.79 Å². The number of carbonyl (C=O) groups excluding carboxylic acids is 1. The van der Waals surface area contributed by atoms with Crippen LogP contribution < -0.4 is 10.6 Å². The topological polar surface area (TPSA) is 102 Å². The van der Waals surface area contributed by atoms with E-state index in [1.807, 2.05) is 50.2 Å². The number of carbonyl (C=O) groups is 2. The molecule has 0 aliphatic carbocycles. The second-order valence-corrected chi connectivity index (χ2v) is 8.86. The summed E-state index contributed by atoms with van der Waals surface area (Å²) in [6.07, 6.45) is -0.190. The number of anilines is 1. The second-order valence-electron chi connectivity index (χ2n) is 7.58. The first-order valence-electron chi connectivity index (χ1n) is 9.87. The minimum absolute atomic E-state index is 0.0395. The molecule has 2 rings (SSSR count). The van der Waals surface area contributed by atoms with Crippen molar-refractivity contribution in [2.45, 2.75) is 37.4 Å². The predicted molar refractivity (Wildman–Crippen MR) is 124 cm³/mol. The zero-order valence-electron chi connectivity index (χ0n) is 17.4. The number of amides is 2. The van der Waals surface area contributed by atoms with E-state index in [1.54, 1.807) is 12.1 Å². The monoisotopic (exact) mass is 461 g/mol. The number of alkyl halides is 2. The van der Waals surface area contributed by atoms with Gasteiger partial charge < -0.3 is 10.4 Å². The molecule has 2 aromatic carbocycles. The van der Waals surface area contributed by atoms with E-state index >= 15 is 0 Å². The zero-order valence-corrected chi connectivity index (χ0v) is 18.9. The van der Waals surface area contributed by atoms with Crippen LogP contribution in [-0.4, -0.2) is 28.5 Å². The molecule has 0 saturated heterocycles. The fraction of sp³-hybridized carbons (Fsp3) is 0.348. The van der Waals surface area contributed by atoms with E-state index in [1.165, 1.54) is 0 Å². The lowest BCUT2D eigenvalue weighted by Crippen LogP contribution is -2.30. The van der Waals surface area contributed by atoms with Gasteiger partial charge in [-0.1, -0.05) is 44.2 Å². The van der Waals surface area contributed by atoms with Crippen LogP contribution in [0.2, 0.25) is 0 Å². The van der Waals surface area contributed by atoms with Crippen molar-refractivity contribution < 1.29 is 14.7 Å². The molecule has 0 aliphatic rings. The average Bonchev–Trinajstić information content (AvgIpc) is 2.69. The normalized spacial score (nSPS) is 11.8. The third-order valence-electron chi connectivity index (χ3n) is 4.70. The number of benzene rings is 2. The van der Waals surface area contributed by atoms with Crippen LogP contribution in [0.25, 0.3) is 11.1 Å². The Balaban J connectivity index is 2.47. The van der Waals surface area contributed by atoms with Crippen LogP contribution in [0.5, 0.6) is 0 Å². The third kappa shape index (κ3) is 7.46. The molecular weight excluding hydrogens is 437 g/mol. The molecule has 3 N–H and O–H groups in total. The second kappa shape index (κ2) is 11.6. The molecule has 1 unspecified atom stereocenters. The van der Waals surface area contributed by atoms with Gasteiger partial charge in [0.05, 0.1) is 12.0 Å². The minimum atomic E-state index is -1.16. The maximum Gasteiger partial charge on any atom is 0.409 e. The summed E-state index contributed by atoms with van der Waals surface area (Å²) >= 11 is 12.0. The number of carboxylic acid groups (broad SMARTS) is 1. The Morgan fingerprint density at radius 1 is 1.16 bits per heavy atom. The number of nitrogens with one attached hydrogen (secondary N) is 2. The molecule has 0 heterocycles. The first kappa shape index (κ1) is 24.5. The van der Waals surface area contributed by atoms with Gasteiger partial charge >= 0.3 is 6.09 Å². The molecule has 2 amide bonds. The molecule has 0 spiro atoms. The summed E-state index contributed by atoms with van der Waals surface area (Å²) in [6, 6.07) is 14.8. The van der Waals surface area contributed by atoms with Crippen molar-refractivity contribution in [3.05, 3.63) is 53.6 Å². The number of hydrogen-bond acceptors (Lipinski definition) is 3. The minimum Gasteiger partial charge on any atom is -0.465 e. The van der Waals surface area contributed by atoms with E-state index in [0.717, 1.165) is 22.3 Å². The van der Waals surface area contributed by atoms with Crippen molar-refractivity contribution in [2.75, 3.05) is 11.9 Å². The molecular formula is C23H25Cl2N3O3. The van der Waals surface area contributed by atoms with Gasteiger partial charge in [0.2, 0.25) is 5.91 Å². The lowest BCUT2D eigenvalue weighted by atomic mass is 9.87. The lowest BCUT2D eigenvalue weighted by Gasteiger charge is -2.20. The Hall–Kier alpha value is -2.75. The quantitative estimate of drug-likeness (QED) is 0.335. The van der Waals surface area contributed by atoms with Gasteiger partial charge in [0.1, 0.15) is 11.4 Å². The van der Waals surface area contributed by atoms with E-state index in [9.17, 15) is 9.59 Å². The number of rotatable bonds is 9. The van der Waals surface area contributed by atoms with Crippen LogP contribution in [0.3, 0.4) is 0 Å². The summed E-state index contributed by atoms with van der Waals surface area (Å²) < 4.78 is 0. The molecule has 31 heavy (non-hydrogen) atoms. The molecule has 0 saturated carbocycles. The SMILES string of the molecule is CC(C)CC(C(=O)NCC#N)c1cccc(-c2ccc(NC(=O)O)cc2CC(Cl)Cl)c1. The number of nitriles is 1. The molecule has 0 fully saturated rings. The highest BCUT2D eigenvalue weighted by atomic mass is 35.5. The van der Waals surface area contributed by atoms with Crippen LogP contribution in [0.4, 0.5) is 10.5 Å². The standard InChI is InChI=1S/C23H25Cl2N3O3/c1-14(2)10-20(22(29)27-9-8-26)16-5-3-4-15(11-16)19-7-6-18(28-23(30)31)12-17(19)13-21(24)25/h3-7,11-12,14,20-21,28H,9-10,13H2,1-2H3,(H,27,29)(H,30,31). The van der Waals surface area contributed by atoms with Crippen molar-refractivity contribution in [3.8, 4) is 17.2 Å². The van der Waals surface area contributed by atoms with Crippen LogP contribution in [0.15, 0.2) is 42.5 Å². The Morgan fingerprint density at radius 3 is 2.52 bits per heavy atom. The highest BCUT2D eigenvalue weighted by molar-refractivity contribution is 6.44. The van der Waals surface area contributed by atoms with E-state index in [0.29, 0.717) is 18.5 Å². The van der Waals surface area contributed by atoms with Gasteiger partial charge in [-0.3, -0.25) is 10.1 Å². The molecule has 0 radical (unpaired) electrons. The van der Waals surface area contributed by atoms with Gasteiger partial charge in [-0.2, -0.15) is 5.26 Å². The molecule has 1 atom stereocenters. The lowest BCUT2D eigenvalue weighted by molar-refractivity contribution is -0.122. The van der Waals surface area contributed by atoms with Gasteiger partial charge in [-0.15, -0.1) is 23.2 Å². The Labute approximate surface area is 192 Å². The van der Waals surface area contributed by atoms with Crippen molar-refractivity contribution in [2.24, 2.45) is 5.92 Å². The van der Waals surface area contributed by atoms with E-state index in [-0.39, 0.29) is 18.4 Å². The molecule has 6 nitrogen and oxygen atoms in total. The van der Waals surface area contributed by atoms with E-state index < -0.39 is 16.8 Å². The average molecular weight is 462 g/mol. The first-order chi connectivity index (χ1) is 14.7. The maximum absolute atomic E-state index is 12.7. The molecule has 0 bridgehead atoms. The van der Waals surface area contributed by atoms with Crippen LogP contribution in [0.1, 0.15) is 37.3 Å². The molecule has 164 valence electrons. The smallest absolute Gasteiger partial charge is 0.409 e. The number of halogens is 2. The summed E-state index contributed by atoms with van der Waals surface area (Å²) in [6.45, 7) is 4.05. The number of hydrogen-bond donors (Lipinski definition) is 3. The molecule has 2 aromatic rings. The maximum atomic E-state index is 12.7. The van der Waals surface area contributed by atoms with Crippen LogP contribution >= 0.6 is 23.2 Å². The number of nitrogens with zero attached hydrogens (tertiary/aromatic N) is 1. The van der Waals surface area contributed by atoms with Gasteiger partial charge in [0, 0.05) is 12.1 Å². The van der Waals surface area contributed by atoms with Gasteiger partial charge in [0.15, 0.2) is 0 Å². The Kier molecular flexibility index (Phi) is 9.17. The van der Waals surface area contributed by atoms with E-state index in [2.05, 4.69) is 10.6 Å². The predicted octanol–water partition coefficient (Wildman–Crippen LogP) is 5.56. The highest BCUT2D eigenvalue weighted by Crippen LogP contribution is 2.32. The third-order valence-corrected chi connectivity index (χ3v) is 5.00. The molecule has 8 heteroatoms.